The van der Waals surface area contributed by atoms with E-state index in [2.05, 4.69) is 51.7 Å². The summed E-state index contributed by atoms with van der Waals surface area (Å²) in [6, 6.07) is 12.7. The fourth-order valence-electron chi connectivity index (χ4n) is 3.71. The van der Waals surface area contributed by atoms with Crippen molar-refractivity contribution in [2.24, 2.45) is 0 Å². The predicted octanol–water partition coefficient (Wildman–Crippen LogP) is 4.30. The van der Waals surface area contributed by atoms with Crippen LogP contribution in [-0.4, -0.2) is 21.9 Å². The van der Waals surface area contributed by atoms with Gasteiger partial charge >= 0.3 is 0 Å². The van der Waals surface area contributed by atoms with E-state index in [4.69, 9.17) is 0 Å². The molecular weight excluding hydrogens is 310 g/mol. The van der Waals surface area contributed by atoms with E-state index >= 15 is 0 Å². The van der Waals surface area contributed by atoms with Gasteiger partial charge in [-0.05, 0) is 42.0 Å². The molecule has 1 unspecified atom stereocenters. The maximum Gasteiger partial charge on any atom is 0.217 e. The van der Waals surface area contributed by atoms with E-state index in [-0.39, 0.29) is 11.9 Å². The second-order valence-electron chi connectivity index (χ2n) is 6.56. The highest BCUT2D eigenvalue weighted by Crippen LogP contribution is 2.36. The van der Waals surface area contributed by atoms with Gasteiger partial charge in [-0.25, -0.2) is 4.98 Å². The van der Waals surface area contributed by atoms with Crippen LogP contribution in [0.5, 0.6) is 0 Å². The lowest BCUT2D eigenvalue weighted by Crippen LogP contribution is -2.34. The number of aromatic nitrogens is 2. The molecule has 1 atom stereocenters. The quantitative estimate of drug-likeness (QED) is 0.751. The Morgan fingerprint density at radius 1 is 1.20 bits per heavy atom. The van der Waals surface area contributed by atoms with Crippen molar-refractivity contribution >= 4 is 22.5 Å². The lowest BCUT2D eigenvalue weighted by Gasteiger charge is -2.24. The zero-order valence-electron chi connectivity index (χ0n) is 14.3. The Labute approximate surface area is 147 Å². The van der Waals surface area contributed by atoms with E-state index in [1.165, 1.54) is 22.3 Å². The van der Waals surface area contributed by atoms with Gasteiger partial charge in [0.05, 0.1) is 0 Å². The van der Waals surface area contributed by atoms with Gasteiger partial charge in [0.15, 0.2) is 0 Å². The molecule has 1 aliphatic rings. The molecule has 0 spiro atoms. The lowest BCUT2D eigenvalue weighted by atomic mass is 9.88. The standard InChI is InChI=1S/C21H21N3O/c1-14(25)24-17-9-5-8-16(12-17)18-10-11-22-21-20(18)19(13-23-21)15-6-3-2-4-7-15/h2-4,6-8,10-11,13,17H,5,9,12H2,1H3,(H,22,23)(H,24,25). The molecule has 0 saturated carbocycles. The number of hydrogen-bond acceptors (Lipinski definition) is 2. The number of pyridine rings is 1. The molecule has 0 saturated heterocycles. The number of benzene rings is 1. The normalized spacial score (nSPS) is 17.3. The molecule has 1 aliphatic carbocycles. The van der Waals surface area contributed by atoms with E-state index in [0.29, 0.717) is 0 Å². The molecule has 4 heteroatoms. The first-order valence-corrected chi connectivity index (χ1v) is 8.70. The number of carbonyl (C=O) groups is 1. The number of hydrogen-bond donors (Lipinski definition) is 2. The largest absolute Gasteiger partial charge is 0.353 e. The highest BCUT2D eigenvalue weighted by Gasteiger charge is 2.20. The first-order valence-electron chi connectivity index (χ1n) is 8.70. The van der Waals surface area contributed by atoms with Crippen molar-refractivity contribution in [2.45, 2.75) is 32.2 Å². The molecule has 1 amide bonds. The molecule has 126 valence electrons. The molecule has 0 bridgehead atoms. The van der Waals surface area contributed by atoms with Crippen LogP contribution in [0.2, 0.25) is 0 Å². The number of fused-ring (bicyclic) bond motifs is 1. The number of amides is 1. The summed E-state index contributed by atoms with van der Waals surface area (Å²) in [5.74, 6) is 0.0396. The number of H-pyrrole nitrogens is 1. The van der Waals surface area contributed by atoms with Crippen LogP contribution in [0.1, 0.15) is 31.7 Å². The van der Waals surface area contributed by atoms with Gasteiger partial charge in [-0.15, -0.1) is 0 Å². The summed E-state index contributed by atoms with van der Waals surface area (Å²) in [5.41, 5.74) is 5.74. The van der Waals surface area contributed by atoms with E-state index in [1.807, 2.05) is 18.5 Å². The van der Waals surface area contributed by atoms with Crippen molar-refractivity contribution in [1.29, 1.82) is 0 Å². The summed E-state index contributed by atoms with van der Waals surface area (Å²) < 4.78 is 0. The smallest absolute Gasteiger partial charge is 0.217 e. The molecule has 4 nitrogen and oxygen atoms in total. The second kappa shape index (κ2) is 6.55. The molecule has 0 aliphatic heterocycles. The van der Waals surface area contributed by atoms with Gasteiger partial charge in [-0.1, -0.05) is 36.4 Å². The first kappa shape index (κ1) is 15.6. The van der Waals surface area contributed by atoms with Crippen LogP contribution in [0.4, 0.5) is 0 Å². The summed E-state index contributed by atoms with van der Waals surface area (Å²) in [6.07, 6.45) is 9.02. The van der Waals surface area contributed by atoms with E-state index in [1.54, 1.807) is 6.92 Å². The molecule has 0 radical (unpaired) electrons. The van der Waals surface area contributed by atoms with Crippen LogP contribution in [0.15, 0.2) is 54.9 Å². The van der Waals surface area contributed by atoms with Crippen molar-refractivity contribution < 1.29 is 4.79 Å². The maximum atomic E-state index is 11.4. The third kappa shape index (κ3) is 3.07. The Kier molecular flexibility index (Phi) is 4.10. The van der Waals surface area contributed by atoms with Crippen molar-refractivity contribution in [3.8, 4) is 11.1 Å². The van der Waals surface area contributed by atoms with E-state index < -0.39 is 0 Å². The second-order valence-corrected chi connectivity index (χ2v) is 6.56. The Hall–Kier alpha value is -2.88. The Morgan fingerprint density at radius 3 is 2.84 bits per heavy atom. The molecule has 1 aromatic carbocycles. The average molecular weight is 331 g/mol. The maximum absolute atomic E-state index is 11.4. The van der Waals surface area contributed by atoms with Crippen molar-refractivity contribution in [1.82, 2.24) is 15.3 Å². The predicted molar refractivity (Wildman–Crippen MR) is 101 cm³/mol. The highest BCUT2D eigenvalue weighted by molar-refractivity contribution is 6.01. The summed E-state index contributed by atoms with van der Waals surface area (Å²) in [5, 5.41) is 4.22. The van der Waals surface area contributed by atoms with Gasteiger partial charge in [0.25, 0.3) is 0 Å². The van der Waals surface area contributed by atoms with Crippen LogP contribution in [0, 0.1) is 0 Å². The van der Waals surface area contributed by atoms with Crippen molar-refractivity contribution in [2.75, 3.05) is 0 Å². The average Bonchev–Trinajstić information content (AvgIpc) is 3.06. The van der Waals surface area contributed by atoms with Crippen LogP contribution < -0.4 is 5.32 Å². The minimum atomic E-state index is 0.0396. The Bertz CT molecular complexity index is 940. The Balaban J connectivity index is 1.79. The number of aromatic amines is 1. The Morgan fingerprint density at radius 2 is 2.04 bits per heavy atom. The molecule has 3 aromatic rings. The number of nitrogens with zero attached hydrogens (tertiary/aromatic N) is 1. The fraction of sp³-hybridized carbons (Fsp3) is 0.238. The molecule has 4 rings (SSSR count). The minimum Gasteiger partial charge on any atom is -0.353 e. The molecular formula is C21H21N3O. The third-order valence-electron chi connectivity index (χ3n) is 4.78. The molecule has 25 heavy (non-hydrogen) atoms. The topological polar surface area (TPSA) is 57.8 Å². The molecule has 0 fully saturated rings. The van der Waals surface area contributed by atoms with Crippen molar-refractivity contribution in [3.63, 3.8) is 0 Å². The fourth-order valence-corrected chi connectivity index (χ4v) is 3.71. The molecule has 2 heterocycles. The van der Waals surface area contributed by atoms with Gasteiger partial charge < -0.3 is 10.3 Å². The van der Waals surface area contributed by atoms with Gasteiger partial charge in [-0.3, -0.25) is 4.79 Å². The van der Waals surface area contributed by atoms with Gasteiger partial charge in [0.2, 0.25) is 5.91 Å². The summed E-state index contributed by atoms with van der Waals surface area (Å²) in [6.45, 7) is 1.59. The van der Waals surface area contributed by atoms with Gasteiger partial charge in [0, 0.05) is 36.3 Å². The minimum absolute atomic E-state index is 0.0396. The zero-order chi connectivity index (χ0) is 17.2. The zero-order valence-corrected chi connectivity index (χ0v) is 14.3. The van der Waals surface area contributed by atoms with Crippen molar-refractivity contribution in [3.05, 3.63) is 60.4 Å². The number of rotatable bonds is 3. The van der Waals surface area contributed by atoms with Crippen LogP contribution in [-0.2, 0) is 4.79 Å². The van der Waals surface area contributed by atoms with Crippen LogP contribution in [0.3, 0.4) is 0 Å². The number of allylic oxidation sites excluding steroid dienone is 1. The van der Waals surface area contributed by atoms with Crippen LogP contribution >= 0.6 is 0 Å². The summed E-state index contributed by atoms with van der Waals surface area (Å²) >= 11 is 0. The van der Waals surface area contributed by atoms with E-state index in [9.17, 15) is 4.79 Å². The van der Waals surface area contributed by atoms with Crippen LogP contribution in [0.25, 0.3) is 27.7 Å². The molecule has 2 N–H and O–H groups in total. The number of carbonyl (C=O) groups excluding carboxylic acids is 1. The van der Waals surface area contributed by atoms with Gasteiger partial charge in [0.1, 0.15) is 5.65 Å². The van der Waals surface area contributed by atoms with Gasteiger partial charge in [-0.2, -0.15) is 0 Å². The summed E-state index contributed by atoms with van der Waals surface area (Å²) in [7, 11) is 0. The SMILES string of the molecule is CC(=O)NC1CCC=C(c2ccnc3[nH]cc(-c4ccccc4)c23)C1. The summed E-state index contributed by atoms with van der Waals surface area (Å²) in [4.78, 5) is 19.2. The monoisotopic (exact) mass is 331 g/mol. The third-order valence-corrected chi connectivity index (χ3v) is 4.78. The number of nitrogens with one attached hydrogen (secondary N) is 2. The van der Waals surface area contributed by atoms with E-state index in [0.717, 1.165) is 30.3 Å². The highest BCUT2D eigenvalue weighted by atomic mass is 16.1. The lowest BCUT2D eigenvalue weighted by molar-refractivity contribution is -0.119. The first-order chi connectivity index (χ1) is 12.2. The molecule has 2 aromatic heterocycles.